The molecular weight excluding hydrogens is 264 g/mol. The van der Waals surface area contributed by atoms with Gasteiger partial charge in [-0.25, -0.2) is 4.98 Å². The maximum absolute atomic E-state index is 5.88. The summed E-state index contributed by atoms with van der Waals surface area (Å²) in [7, 11) is 0. The number of aromatic nitrogens is 3. The van der Waals surface area contributed by atoms with Crippen LogP contribution in [0, 0.1) is 6.92 Å². The van der Waals surface area contributed by atoms with Crippen molar-refractivity contribution in [3.8, 4) is 11.6 Å². The first kappa shape index (κ1) is 13.3. The molecular formula is C16H16N4O. The van der Waals surface area contributed by atoms with Gasteiger partial charge in [0.15, 0.2) is 0 Å². The average molecular weight is 280 g/mol. The molecule has 2 heterocycles. The third kappa shape index (κ3) is 2.91. The zero-order valence-electron chi connectivity index (χ0n) is 12.0. The molecule has 5 nitrogen and oxygen atoms in total. The molecule has 0 saturated heterocycles. The van der Waals surface area contributed by atoms with Gasteiger partial charge < -0.3 is 10.1 Å². The Morgan fingerprint density at radius 1 is 1.10 bits per heavy atom. The number of nitrogens with one attached hydrogen (secondary N) is 1. The fourth-order valence-electron chi connectivity index (χ4n) is 1.99. The van der Waals surface area contributed by atoms with Crippen LogP contribution < -0.4 is 10.1 Å². The van der Waals surface area contributed by atoms with Gasteiger partial charge in [0.2, 0.25) is 11.8 Å². The number of aryl methyl sites for hydroxylation is 1. The van der Waals surface area contributed by atoms with E-state index >= 15 is 0 Å². The number of rotatable bonds is 4. The van der Waals surface area contributed by atoms with Crippen molar-refractivity contribution in [1.82, 2.24) is 15.0 Å². The van der Waals surface area contributed by atoms with Crippen LogP contribution in [0.25, 0.3) is 10.9 Å². The highest BCUT2D eigenvalue weighted by Gasteiger charge is 2.09. The van der Waals surface area contributed by atoms with Crippen LogP contribution >= 0.6 is 0 Å². The minimum Gasteiger partial charge on any atom is -0.437 e. The Kier molecular flexibility index (Phi) is 3.64. The molecule has 21 heavy (non-hydrogen) atoms. The molecule has 0 atom stereocenters. The Bertz CT molecular complexity index is 756. The fraction of sp³-hybridized carbons (Fsp3) is 0.188. The van der Waals surface area contributed by atoms with E-state index in [9.17, 15) is 0 Å². The van der Waals surface area contributed by atoms with Crippen molar-refractivity contribution in [2.75, 3.05) is 11.9 Å². The van der Waals surface area contributed by atoms with Crippen LogP contribution in [-0.2, 0) is 0 Å². The maximum atomic E-state index is 5.88. The molecule has 1 N–H and O–H groups in total. The van der Waals surface area contributed by atoms with E-state index in [0.29, 0.717) is 17.6 Å². The molecule has 0 radical (unpaired) electrons. The highest BCUT2D eigenvalue weighted by molar-refractivity contribution is 5.84. The van der Waals surface area contributed by atoms with Crippen LogP contribution in [0.1, 0.15) is 12.6 Å². The SMILES string of the molecule is CCNc1nc(Oc2ccc(C)nc2)c2ccccc2n1. The number of para-hydroxylation sites is 1. The summed E-state index contributed by atoms with van der Waals surface area (Å²) in [6, 6.07) is 11.6. The normalized spacial score (nSPS) is 10.6. The summed E-state index contributed by atoms with van der Waals surface area (Å²) in [5.41, 5.74) is 1.79. The summed E-state index contributed by atoms with van der Waals surface area (Å²) < 4.78 is 5.88. The number of anilines is 1. The molecule has 106 valence electrons. The minimum atomic E-state index is 0.530. The second-order valence-electron chi connectivity index (χ2n) is 4.64. The largest absolute Gasteiger partial charge is 0.437 e. The van der Waals surface area contributed by atoms with Gasteiger partial charge in [0.25, 0.3) is 0 Å². The molecule has 2 aromatic heterocycles. The van der Waals surface area contributed by atoms with Crippen molar-refractivity contribution < 1.29 is 4.74 Å². The van der Waals surface area contributed by atoms with Gasteiger partial charge in [-0.1, -0.05) is 12.1 Å². The quantitative estimate of drug-likeness (QED) is 0.791. The van der Waals surface area contributed by atoms with Gasteiger partial charge >= 0.3 is 0 Å². The molecule has 3 rings (SSSR count). The second-order valence-corrected chi connectivity index (χ2v) is 4.64. The third-order valence-corrected chi connectivity index (χ3v) is 3.00. The van der Waals surface area contributed by atoms with E-state index < -0.39 is 0 Å². The first-order valence-corrected chi connectivity index (χ1v) is 6.87. The molecule has 0 aliphatic rings. The lowest BCUT2D eigenvalue weighted by atomic mass is 10.2. The summed E-state index contributed by atoms with van der Waals surface area (Å²) >= 11 is 0. The molecule has 5 heteroatoms. The molecule has 0 spiro atoms. The number of fused-ring (bicyclic) bond motifs is 1. The monoisotopic (exact) mass is 280 g/mol. The Labute approximate surface area is 123 Å². The van der Waals surface area contributed by atoms with Crippen LogP contribution in [0.15, 0.2) is 42.6 Å². The lowest BCUT2D eigenvalue weighted by Crippen LogP contribution is -2.03. The van der Waals surface area contributed by atoms with E-state index in [-0.39, 0.29) is 0 Å². The second kappa shape index (κ2) is 5.75. The molecule has 0 amide bonds. The van der Waals surface area contributed by atoms with Gasteiger partial charge in [-0.2, -0.15) is 4.98 Å². The number of ether oxygens (including phenoxy) is 1. The van der Waals surface area contributed by atoms with Crippen molar-refractivity contribution in [2.45, 2.75) is 13.8 Å². The number of benzene rings is 1. The van der Waals surface area contributed by atoms with E-state index in [1.165, 1.54) is 0 Å². The van der Waals surface area contributed by atoms with Crippen molar-refractivity contribution in [3.05, 3.63) is 48.3 Å². The van der Waals surface area contributed by atoms with E-state index in [0.717, 1.165) is 23.1 Å². The molecule has 0 fully saturated rings. The van der Waals surface area contributed by atoms with Gasteiger partial charge in [0.1, 0.15) is 5.75 Å². The standard InChI is InChI=1S/C16H16N4O/c1-3-17-16-19-14-7-5-4-6-13(14)15(20-16)21-12-9-8-11(2)18-10-12/h4-10H,3H2,1-2H3,(H,17,19,20). The predicted octanol–water partition coefficient (Wildman–Crippen LogP) is 3.56. The third-order valence-electron chi connectivity index (χ3n) is 3.00. The van der Waals surface area contributed by atoms with E-state index in [2.05, 4.69) is 20.3 Å². The smallest absolute Gasteiger partial charge is 0.232 e. The lowest BCUT2D eigenvalue weighted by Gasteiger charge is -2.10. The summed E-state index contributed by atoms with van der Waals surface area (Å²) in [5.74, 6) is 1.75. The molecule has 0 unspecified atom stereocenters. The van der Waals surface area contributed by atoms with Crippen LogP contribution in [0.5, 0.6) is 11.6 Å². The molecule has 0 bridgehead atoms. The molecule has 3 aromatic rings. The summed E-state index contributed by atoms with van der Waals surface area (Å²) in [4.78, 5) is 13.1. The first-order valence-electron chi connectivity index (χ1n) is 6.87. The van der Waals surface area contributed by atoms with Crippen molar-refractivity contribution in [2.24, 2.45) is 0 Å². The highest BCUT2D eigenvalue weighted by Crippen LogP contribution is 2.28. The van der Waals surface area contributed by atoms with Gasteiger partial charge in [-0.15, -0.1) is 0 Å². The van der Waals surface area contributed by atoms with Crippen LogP contribution in [0.3, 0.4) is 0 Å². The topological polar surface area (TPSA) is 59.9 Å². The highest BCUT2D eigenvalue weighted by atomic mass is 16.5. The molecule has 0 saturated carbocycles. The lowest BCUT2D eigenvalue weighted by molar-refractivity contribution is 0.466. The Morgan fingerprint density at radius 3 is 2.71 bits per heavy atom. The van der Waals surface area contributed by atoms with E-state index in [1.54, 1.807) is 6.20 Å². The van der Waals surface area contributed by atoms with E-state index in [1.807, 2.05) is 50.2 Å². The van der Waals surface area contributed by atoms with Gasteiger partial charge in [-0.05, 0) is 38.1 Å². The number of hydrogen-bond donors (Lipinski definition) is 1. The predicted molar refractivity (Wildman–Crippen MR) is 82.7 cm³/mol. The van der Waals surface area contributed by atoms with Crippen molar-refractivity contribution >= 4 is 16.9 Å². The van der Waals surface area contributed by atoms with Gasteiger partial charge in [0, 0.05) is 12.2 Å². The van der Waals surface area contributed by atoms with Crippen LogP contribution in [0.2, 0.25) is 0 Å². The first-order chi connectivity index (χ1) is 10.3. The van der Waals surface area contributed by atoms with Crippen LogP contribution in [-0.4, -0.2) is 21.5 Å². The Morgan fingerprint density at radius 2 is 1.95 bits per heavy atom. The number of hydrogen-bond acceptors (Lipinski definition) is 5. The fourth-order valence-corrected chi connectivity index (χ4v) is 1.99. The summed E-state index contributed by atoms with van der Waals surface area (Å²) in [5, 5.41) is 3.99. The zero-order chi connectivity index (χ0) is 14.7. The Balaban J connectivity index is 2.04. The molecule has 0 aliphatic heterocycles. The summed E-state index contributed by atoms with van der Waals surface area (Å²) in [6.07, 6.45) is 1.69. The molecule has 1 aromatic carbocycles. The van der Waals surface area contributed by atoms with Crippen molar-refractivity contribution in [3.63, 3.8) is 0 Å². The average Bonchev–Trinajstić information content (AvgIpc) is 2.50. The van der Waals surface area contributed by atoms with Crippen LogP contribution in [0.4, 0.5) is 5.95 Å². The van der Waals surface area contributed by atoms with Gasteiger partial charge in [0.05, 0.1) is 17.1 Å². The van der Waals surface area contributed by atoms with Gasteiger partial charge in [-0.3, -0.25) is 4.98 Å². The maximum Gasteiger partial charge on any atom is 0.232 e. The summed E-state index contributed by atoms with van der Waals surface area (Å²) in [6.45, 7) is 4.69. The van der Waals surface area contributed by atoms with Crippen molar-refractivity contribution in [1.29, 1.82) is 0 Å². The number of pyridine rings is 1. The minimum absolute atomic E-state index is 0.530. The number of nitrogens with zero attached hydrogens (tertiary/aromatic N) is 3. The Hall–Kier alpha value is -2.69. The van der Waals surface area contributed by atoms with E-state index in [4.69, 9.17) is 4.74 Å². The molecule has 0 aliphatic carbocycles. The zero-order valence-corrected chi connectivity index (χ0v) is 12.0.